The van der Waals surface area contributed by atoms with E-state index in [4.69, 9.17) is 4.42 Å². The minimum atomic E-state index is -1.33. The highest BCUT2D eigenvalue weighted by molar-refractivity contribution is 6.04. The average molecular weight is 344 g/mol. The lowest BCUT2D eigenvalue weighted by molar-refractivity contribution is -0.118. The first-order valence-electron chi connectivity index (χ1n) is 8.19. The summed E-state index contributed by atoms with van der Waals surface area (Å²) in [6, 6.07) is 10.3. The molecule has 2 rings (SSSR count). The van der Waals surface area contributed by atoms with E-state index in [1.54, 1.807) is 64.2 Å². The van der Waals surface area contributed by atoms with Crippen molar-refractivity contribution in [2.24, 2.45) is 0 Å². The predicted octanol–water partition coefficient (Wildman–Crippen LogP) is 2.60. The molecule has 1 unspecified atom stereocenters. The summed E-state index contributed by atoms with van der Waals surface area (Å²) < 4.78 is 5.44. The van der Waals surface area contributed by atoms with Crippen LogP contribution in [-0.2, 0) is 10.4 Å². The second kappa shape index (κ2) is 7.53. The van der Waals surface area contributed by atoms with Gasteiger partial charge in [0, 0.05) is 13.5 Å². The molecule has 1 heterocycles. The maximum atomic E-state index is 12.6. The van der Waals surface area contributed by atoms with Gasteiger partial charge in [-0.15, -0.1) is 0 Å². The molecule has 0 aliphatic carbocycles. The highest BCUT2D eigenvalue weighted by Crippen LogP contribution is 2.23. The Morgan fingerprint density at radius 3 is 2.52 bits per heavy atom. The van der Waals surface area contributed by atoms with E-state index in [-0.39, 0.29) is 18.4 Å². The average Bonchev–Trinajstić information content (AvgIpc) is 3.05. The van der Waals surface area contributed by atoms with Gasteiger partial charge in [0.15, 0.2) is 0 Å². The molecule has 6 heteroatoms. The quantitative estimate of drug-likeness (QED) is 0.844. The summed E-state index contributed by atoms with van der Waals surface area (Å²) in [6.45, 7) is 5.11. The first-order valence-corrected chi connectivity index (χ1v) is 8.19. The summed E-state index contributed by atoms with van der Waals surface area (Å²) in [5.74, 6) is 0.622. The molecule has 134 valence electrons. The summed E-state index contributed by atoms with van der Waals surface area (Å²) in [5, 5.41) is 13.2. The number of hydrogen-bond donors (Lipinski definition) is 2. The SMILES string of the molecule is CCC(=O)N(C)c1ccccc1C(=O)NCC(C)(O)c1ccc(C)o1. The fourth-order valence-electron chi connectivity index (χ4n) is 2.49. The molecule has 1 aromatic heterocycles. The van der Waals surface area contributed by atoms with Crippen LogP contribution in [-0.4, -0.2) is 30.5 Å². The van der Waals surface area contributed by atoms with Crippen molar-refractivity contribution in [3.05, 3.63) is 53.5 Å². The van der Waals surface area contributed by atoms with Crippen LogP contribution >= 0.6 is 0 Å². The summed E-state index contributed by atoms with van der Waals surface area (Å²) in [6.07, 6.45) is 0.346. The third-order valence-electron chi connectivity index (χ3n) is 4.05. The molecule has 1 aromatic carbocycles. The van der Waals surface area contributed by atoms with Gasteiger partial charge in [-0.05, 0) is 38.1 Å². The number of nitrogens with one attached hydrogen (secondary N) is 1. The van der Waals surface area contributed by atoms with Gasteiger partial charge in [0.05, 0.1) is 17.8 Å². The highest BCUT2D eigenvalue weighted by atomic mass is 16.4. The van der Waals surface area contributed by atoms with Crippen molar-refractivity contribution in [3.8, 4) is 0 Å². The molecule has 0 spiro atoms. The number of amides is 2. The monoisotopic (exact) mass is 344 g/mol. The molecule has 0 bridgehead atoms. The van der Waals surface area contributed by atoms with Crippen molar-refractivity contribution < 1.29 is 19.1 Å². The van der Waals surface area contributed by atoms with E-state index in [1.807, 2.05) is 0 Å². The standard InChI is InChI=1S/C19H24N2O4/c1-5-17(22)21(4)15-9-7-6-8-14(15)18(23)20-12-19(3,24)16-11-10-13(2)25-16/h6-11,24H,5,12H2,1-4H3,(H,20,23). The Labute approximate surface area is 147 Å². The first kappa shape index (κ1) is 18.7. The van der Waals surface area contributed by atoms with Crippen LogP contribution in [0.1, 0.15) is 42.1 Å². The largest absolute Gasteiger partial charge is 0.463 e. The molecule has 6 nitrogen and oxygen atoms in total. The summed E-state index contributed by atoms with van der Waals surface area (Å²) in [7, 11) is 1.64. The number of hydrogen-bond acceptors (Lipinski definition) is 4. The lowest BCUT2D eigenvalue weighted by Crippen LogP contribution is -2.39. The Morgan fingerprint density at radius 1 is 1.24 bits per heavy atom. The third kappa shape index (κ3) is 4.28. The van der Waals surface area contributed by atoms with Gasteiger partial charge in [-0.3, -0.25) is 9.59 Å². The predicted molar refractivity (Wildman–Crippen MR) is 95.5 cm³/mol. The van der Waals surface area contributed by atoms with Crippen molar-refractivity contribution >= 4 is 17.5 Å². The smallest absolute Gasteiger partial charge is 0.253 e. The molecular weight excluding hydrogens is 320 g/mol. The van der Waals surface area contributed by atoms with Crippen LogP contribution in [0.15, 0.2) is 40.8 Å². The van der Waals surface area contributed by atoms with Crippen LogP contribution in [0, 0.1) is 6.92 Å². The molecule has 0 aliphatic heterocycles. The molecule has 1 atom stereocenters. The van der Waals surface area contributed by atoms with Gasteiger partial charge < -0.3 is 19.7 Å². The molecule has 0 saturated carbocycles. The lowest BCUT2D eigenvalue weighted by Gasteiger charge is -2.23. The number of anilines is 1. The zero-order chi connectivity index (χ0) is 18.6. The van der Waals surface area contributed by atoms with Crippen LogP contribution in [0.2, 0.25) is 0 Å². The number of furan rings is 1. The Morgan fingerprint density at radius 2 is 1.92 bits per heavy atom. The molecular formula is C19H24N2O4. The van der Waals surface area contributed by atoms with Crippen molar-refractivity contribution in [2.45, 2.75) is 32.8 Å². The van der Waals surface area contributed by atoms with Crippen LogP contribution in [0.3, 0.4) is 0 Å². The van der Waals surface area contributed by atoms with E-state index >= 15 is 0 Å². The van der Waals surface area contributed by atoms with E-state index < -0.39 is 5.60 Å². The van der Waals surface area contributed by atoms with Gasteiger partial charge in [-0.2, -0.15) is 0 Å². The van der Waals surface area contributed by atoms with Gasteiger partial charge in [-0.1, -0.05) is 19.1 Å². The summed E-state index contributed by atoms with van der Waals surface area (Å²) in [5.41, 5.74) is -0.428. The van der Waals surface area contributed by atoms with E-state index in [2.05, 4.69) is 5.32 Å². The second-order valence-corrected chi connectivity index (χ2v) is 6.19. The van der Waals surface area contributed by atoms with Crippen molar-refractivity contribution in [1.82, 2.24) is 5.32 Å². The molecule has 0 aliphatic rings. The zero-order valence-electron chi connectivity index (χ0n) is 15.0. The van der Waals surface area contributed by atoms with E-state index in [1.165, 1.54) is 4.90 Å². The van der Waals surface area contributed by atoms with E-state index in [9.17, 15) is 14.7 Å². The van der Waals surface area contributed by atoms with Gasteiger partial charge in [-0.25, -0.2) is 0 Å². The number of carbonyl (C=O) groups is 2. The highest BCUT2D eigenvalue weighted by Gasteiger charge is 2.28. The molecule has 25 heavy (non-hydrogen) atoms. The normalized spacial score (nSPS) is 13.2. The molecule has 2 amide bonds. The van der Waals surface area contributed by atoms with Gasteiger partial charge in [0.2, 0.25) is 5.91 Å². The zero-order valence-corrected chi connectivity index (χ0v) is 15.0. The van der Waals surface area contributed by atoms with Gasteiger partial charge in [0.1, 0.15) is 17.1 Å². The van der Waals surface area contributed by atoms with Crippen LogP contribution in [0.5, 0.6) is 0 Å². The minimum Gasteiger partial charge on any atom is -0.463 e. The van der Waals surface area contributed by atoms with Gasteiger partial charge >= 0.3 is 0 Å². The molecule has 2 N–H and O–H groups in total. The number of rotatable bonds is 6. The number of carbonyl (C=O) groups excluding carboxylic acids is 2. The maximum absolute atomic E-state index is 12.6. The Hall–Kier alpha value is -2.60. The van der Waals surface area contributed by atoms with Crippen LogP contribution in [0.4, 0.5) is 5.69 Å². The fraction of sp³-hybridized carbons (Fsp3) is 0.368. The Balaban J connectivity index is 2.15. The number of aryl methyl sites for hydroxylation is 1. The molecule has 0 radical (unpaired) electrons. The Kier molecular flexibility index (Phi) is 5.64. The molecule has 2 aromatic rings. The summed E-state index contributed by atoms with van der Waals surface area (Å²) >= 11 is 0. The number of nitrogens with zero attached hydrogens (tertiary/aromatic N) is 1. The van der Waals surface area contributed by atoms with E-state index in [0.29, 0.717) is 29.2 Å². The molecule has 0 fully saturated rings. The van der Waals surface area contributed by atoms with Crippen LogP contribution < -0.4 is 10.2 Å². The maximum Gasteiger partial charge on any atom is 0.253 e. The fourth-order valence-corrected chi connectivity index (χ4v) is 2.49. The second-order valence-electron chi connectivity index (χ2n) is 6.19. The third-order valence-corrected chi connectivity index (χ3v) is 4.05. The van der Waals surface area contributed by atoms with E-state index in [0.717, 1.165) is 0 Å². The number of para-hydroxylation sites is 1. The minimum absolute atomic E-state index is 0.0153. The summed E-state index contributed by atoms with van der Waals surface area (Å²) in [4.78, 5) is 26.0. The first-order chi connectivity index (χ1) is 11.8. The Bertz CT molecular complexity index is 764. The van der Waals surface area contributed by atoms with Crippen molar-refractivity contribution in [1.29, 1.82) is 0 Å². The number of aliphatic hydroxyl groups is 1. The lowest BCUT2D eigenvalue weighted by atomic mass is 10.0. The van der Waals surface area contributed by atoms with Crippen molar-refractivity contribution in [2.75, 3.05) is 18.5 Å². The van der Waals surface area contributed by atoms with Crippen molar-refractivity contribution in [3.63, 3.8) is 0 Å². The van der Waals surface area contributed by atoms with Crippen LogP contribution in [0.25, 0.3) is 0 Å². The molecule has 0 saturated heterocycles. The number of benzene rings is 1. The topological polar surface area (TPSA) is 82.8 Å². The van der Waals surface area contributed by atoms with Gasteiger partial charge in [0.25, 0.3) is 5.91 Å².